The predicted octanol–water partition coefficient (Wildman–Crippen LogP) is 4.48. The smallest absolute Gasteiger partial charge is 0.297 e. The molecular formula is C23H18N2O3S2. The van der Waals surface area contributed by atoms with Gasteiger partial charge in [-0.25, -0.2) is 8.42 Å². The highest BCUT2D eigenvalue weighted by molar-refractivity contribution is 7.85. The summed E-state index contributed by atoms with van der Waals surface area (Å²) < 4.78 is 33.0. The van der Waals surface area contributed by atoms with Gasteiger partial charge in [-0.05, 0) is 30.3 Å². The Morgan fingerprint density at radius 3 is 2.00 bits per heavy atom. The van der Waals surface area contributed by atoms with Crippen molar-refractivity contribution in [1.82, 2.24) is 0 Å². The highest BCUT2D eigenvalue weighted by atomic mass is 32.2. The number of hydrogen-bond acceptors (Lipinski definition) is 5. The summed E-state index contributed by atoms with van der Waals surface area (Å²) in [6, 6.07) is 30.1. The van der Waals surface area contributed by atoms with Gasteiger partial charge in [0.1, 0.15) is 20.5 Å². The molecule has 3 aromatic carbocycles. The minimum atomic E-state index is -4.25. The molecule has 0 spiro atoms. The number of nitrogen functional groups attached to an aromatic ring is 1. The zero-order valence-electron chi connectivity index (χ0n) is 15.8. The van der Waals surface area contributed by atoms with Crippen molar-refractivity contribution in [2.45, 2.75) is 4.90 Å². The van der Waals surface area contributed by atoms with Crippen LogP contribution in [0.5, 0.6) is 0 Å². The zero-order chi connectivity index (χ0) is 21.1. The maximum absolute atomic E-state index is 10.3. The first-order valence-corrected chi connectivity index (χ1v) is 11.4. The highest BCUT2D eigenvalue weighted by Gasteiger charge is 2.19. The zero-order valence-corrected chi connectivity index (χ0v) is 17.4. The van der Waals surface area contributed by atoms with Crippen molar-refractivity contribution >= 4 is 43.0 Å². The van der Waals surface area contributed by atoms with Crippen molar-refractivity contribution in [2.75, 3.05) is 5.73 Å². The molecule has 5 rings (SSSR count). The number of aromatic nitrogens is 1. The van der Waals surface area contributed by atoms with Gasteiger partial charge in [-0.3, -0.25) is 5.73 Å². The van der Waals surface area contributed by atoms with Gasteiger partial charge >= 0.3 is 0 Å². The third-order valence-electron chi connectivity index (χ3n) is 4.55. The summed E-state index contributed by atoms with van der Waals surface area (Å²) in [5.41, 5.74) is 8.73. The quantitative estimate of drug-likeness (QED) is 0.328. The molecule has 150 valence electrons. The van der Waals surface area contributed by atoms with Gasteiger partial charge in [-0.15, -0.1) is 0 Å². The Hall–Kier alpha value is -3.26. The maximum Gasteiger partial charge on any atom is 0.297 e. The van der Waals surface area contributed by atoms with Gasteiger partial charge in [0.25, 0.3) is 5.82 Å². The summed E-state index contributed by atoms with van der Waals surface area (Å²) in [4.78, 5) is 2.11. The molecule has 5 aromatic rings. The molecule has 0 fully saturated rings. The third kappa shape index (κ3) is 4.04. The van der Waals surface area contributed by atoms with Gasteiger partial charge in [0.05, 0.1) is 4.90 Å². The second-order valence-corrected chi connectivity index (χ2v) is 8.93. The second kappa shape index (κ2) is 8.23. The first-order chi connectivity index (χ1) is 14.4. The topological polar surface area (TPSA) is 87.3 Å². The lowest BCUT2D eigenvalue weighted by Crippen LogP contribution is -2.24. The summed E-state index contributed by atoms with van der Waals surface area (Å²) >= 11 is 1.73. The number of nitrogens with zero attached hydrogens (tertiary/aromatic N) is 1. The van der Waals surface area contributed by atoms with Crippen LogP contribution >= 0.6 is 11.3 Å². The number of thiazole rings is 1. The number of hydrogen-bond donors (Lipinski definition) is 1. The van der Waals surface area contributed by atoms with Crippen molar-refractivity contribution in [3.05, 3.63) is 97.1 Å². The van der Waals surface area contributed by atoms with Crippen molar-refractivity contribution in [3.63, 3.8) is 0 Å². The van der Waals surface area contributed by atoms with E-state index in [4.69, 9.17) is 5.73 Å². The van der Waals surface area contributed by atoms with E-state index < -0.39 is 10.1 Å². The fraction of sp³-hybridized carbons (Fsp3) is 0. The first kappa shape index (κ1) is 20.0. The van der Waals surface area contributed by atoms with Gasteiger partial charge in [0, 0.05) is 10.9 Å². The number of nitrogens with two attached hydrogens (primary N) is 1. The van der Waals surface area contributed by atoms with Gasteiger partial charge in [0.2, 0.25) is 0 Å². The SMILES string of the molecule is Nc1c(-c2ccccc2)sc2ccc3ccccc3[n+]12.O=S(=O)([O-])c1ccccc1. The van der Waals surface area contributed by atoms with E-state index in [0.29, 0.717) is 0 Å². The molecule has 0 aliphatic heterocycles. The van der Waals surface area contributed by atoms with Gasteiger partial charge in [-0.2, -0.15) is 4.40 Å². The highest BCUT2D eigenvalue weighted by Crippen LogP contribution is 2.32. The third-order valence-corrected chi connectivity index (χ3v) is 6.58. The van der Waals surface area contributed by atoms with Crippen molar-refractivity contribution in [1.29, 1.82) is 0 Å². The lowest BCUT2D eigenvalue weighted by Gasteiger charge is -2.04. The van der Waals surface area contributed by atoms with E-state index >= 15 is 0 Å². The second-order valence-electron chi connectivity index (χ2n) is 6.52. The minimum absolute atomic E-state index is 0.185. The summed E-state index contributed by atoms with van der Waals surface area (Å²) in [7, 11) is -4.25. The summed E-state index contributed by atoms with van der Waals surface area (Å²) in [6.45, 7) is 0. The molecule has 30 heavy (non-hydrogen) atoms. The summed E-state index contributed by atoms with van der Waals surface area (Å²) in [5, 5.41) is 1.20. The molecule has 0 saturated heterocycles. The monoisotopic (exact) mass is 434 g/mol. The molecule has 0 bridgehead atoms. The Kier molecular flexibility index (Phi) is 5.50. The average molecular weight is 435 g/mol. The predicted molar refractivity (Wildman–Crippen MR) is 119 cm³/mol. The molecule has 7 heteroatoms. The summed E-state index contributed by atoms with van der Waals surface area (Å²) in [5.74, 6) is 0.813. The molecule has 2 heterocycles. The molecule has 0 amide bonds. The van der Waals surface area contributed by atoms with Crippen molar-refractivity contribution < 1.29 is 17.4 Å². The number of pyridine rings is 1. The van der Waals surface area contributed by atoms with Crippen LogP contribution in [0.1, 0.15) is 0 Å². The van der Waals surface area contributed by atoms with Crippen LogP contribution in [0.15, 0.2) is 102 Å². The van der Waals surface area contributed by atoms with Crippen LogP contribution in [0.25, 0.3) is 26.2 Å². The molecule has 2 N–H and O–H groups in total. The van der Waals surface area contributed by atoms with Crippen LogP contribution in [-0.4, -0.2) is 13.0 Å². The van der Waals surface area contributed by atoms with E-state index in [1.807, 2.05) is 24.3 Å². The normalized spacial score (nSPS) is 11.2. The van der Waals surface area contributed by atoms with Gasteiger partial charge in [0.15, 0.2) is 4.83 Å². The van der Waals surface area contributed by atoms with Gasteiger partial charge in [-0.1, -0.05) is 78.1 Å². The van der Waals surface area contributed by atoms with Crippen LogP contribution in [-0.2, 0) is 10.1 Å². The number of benzene rings is 3. The molecule has 0 atom stereocenters. The van der Waals surface area contributed by atoms with Crippen LogP contribution in [0.4, 0.5) is 5.82 Å². The largest absolute Gasteiger partial charge is 0.744 e. The molecule has 5 nitrogen and oxygen atoms in total. The molecule has 0 aliphatic carbocycles. The Morgan fingerprint density at radius 1 is 0.767 bits per heavy atom. The van der Waals surface area contributed by atoms with E-state index in [1.54, 1.807) is 17.4 Å². The number of para-hydroxylation sites is 1. The molecule has 0 radical (unpaired) electrons. The molecule has 2 aromatic heterocycles. The summed E-state index contributed by atoms with van der Waals surface area (Å²) in [6.07, 6.45) is 0. The lowest BCUT2D eigenvalue weighted by atomic mass is 10.2. The minimum Gasteiger partial charge on any atom is -0.744 e. The maximum atomic E-state index is 10.3. The van der Waals surface area contributed by atoms with E-state index in [1.165, 1.54) is 40.0 Å². The van der Waals surface area contributed by atoms with Gasteiger partial charge < -0.3 is 4.55 Å². The van der Waals surface area contributed by atoms with E-state index in [-0.39, 0.29) is 4.90 Å². The van der Waals surface area contributed by atoms with E-state index in [0.717, 1.165) is 16.2 Å². The fourth-order valence-corrected chi connectivity index (χ4v) is 4.73. The van der Waals surface area contributed by atoms with E-state index in [2.05, 4.69) is 46.9 Å². The molecule has 0 aliphatic rings. The molecule has 0 unspecified atom stereocenters. The average Bonchev–Trinajstić information content (AvgIpc) is 3.12. The van der Waals surface area contributed by atoms with Crippen LogP contribution < -0.4 is 10.1 Å². The van der Waals surface area contributed by atoms with Crippen LogP contribution in [0, 0.1) is 0 Å². The number of anilines is 1. The van der Waals surface area contributed by atoms with E-state index in [9.17, 15) is 13.0 Å². The Bertz CT molecular complexity index is 1410. The van der Waals surface area contributed by atoms with Crippen molar-refractivity contribution in [2.24, 2.45) is 0 Å². The first-order valence-electron chi connectivity index (χ1n) is 9.13. The fourth-order valence-electron chi connectivity index (χ4n) is 3.16. The molecular weight excluding hydrogens is 416 g/mol. The Morgan fingerprint density at radius 2 is 1.37 bits per heavy atom. The Balaban J connectivity index is 0.000000185. The number of rotatable bonds is 2. The van der Waals surface area contributed by atoms with Crippen LogP contribution in [0.2, 0.25) is 0 Å². The van der Waals surface area contributed by atoms with Crippen LogP contribution in [0.3, 0.4) is 0 Å². The van der Waals surface area contributed by atoms with Crippen molar-refractivity contribution in [3.8, 4) is 10.4 Å². The lowest BCUT2D eigenvalue weighted by molar-refractivity contribution is -0.459. The molecule has 0 saturated carbocycles. The Labute approximate surface area is 178 Å². The number of fused-ring (bicyclic) bond motifs is 3. The standard InChI is InChI=1S/C17H13N2S.C6H6O3S/c18-17-16(13-7-2-1-3-8-13)20-15-11-10-12-6-4-5-9-14(12)19(15)17;7-10(8,9)6-4-2-1-3-5-6/h1-11H,18H2;1-5H,(H,7,8,9)/q+1;/p-1.